The minimum absolute atomic E-state index is 0. The number of nitrogens with one attached hydrogen (secondary N) is 2. The number of hydrogen-bond acceptors (Lipinski definition) is 15. The average molecular weight is 972 g/mol. The number of rotatable bonds is 8. The molecule has 344 valence electrons. The van der Waals surface area contributed by atoms with E-state index in [0.717, 1.165) is 0 Å². The molecule has 0 saturated heterocycles. The number of aromatic hydroxyl groups is 2. The summed E-state index contributed by atoms with van der Waals surface area (Å²) in [6, 6.07) is 18.7. The maximum absolute atomic E-state index is 12.6. The minimum atomic E-state index is -1.01. The zero-order valence-corrected chi connectivity index (χ0v) is 36.1. The third kappa shape index (κ3) is 12.8. The highest BCUT2D eigenvalue weighted by atomic mass is 35.5. The highest BCUT2D eigenvalue weighted by molar-refractivity contribution is 6.31. The number of carboxylic acids is 1. The topological polar surface area (TPSA) is 288 Å². The zero-order valence-electron chi connectivity index (χ0n) is 33.9. The van der Waals surface area contributed by atoms with Crippen molar-refractivity contribution in [3.05, 3.63) is 160 Å². The zero-order chi connectivity index (χ0) is 47.3. The average Bonchev–Trinajstić information content (AvgIpc) is 4.07. The molecule has 0 aliphatic rings. The lowest BCUT2D eigenvalue weighted by Gasteiger charge is -2.12. The van der Waals surface area contributed by atoms with Gasteiger partial charge in [-0.25, -0.2) is 38.1 Å². The van der Waals surface area contributed by atoms with E-state index in [1.165, 1.54) is 81.8 Å². The van der Waals surface area contributed by atoms with Gasteiger partial charge in [0.15, 0.2) is 23.5 Å². The van der Waals surface area contributed by atoms with E-state index in [4.69, 9.17) is 55.5 Å². The molecule has 0 radical (unpaired) electrons. The number of phenols is 2. The number of anilines is 3. The molecule has 21 nitrogen and oxygen atoms in total. The van der Waals surface area contributed by atoms with Crippen molar-refractivity contribution in [1.82, 2.24) is 43.8 Å². The van der Waals surface area contributed by atoms with Crippen LogP contribution in [0.5, 0.6) is 17.2 Å². The van der Waals surface area contributed by atoms with Crippen LogP contribution >= 0.6 is 34.8 Å². The summed E-state index contributed by atoms with van der Waals surface area (Å²) in [5.41, 5.74) is 8.08. The Morgan fingerprint density at radius 1 is 0.642 bits per heavy atom. The summed E-state index contributed by atoms with van der Waals surface area (Å²) in [6.45, 7) is -0.292. The summed E-state index contributed by atoms with van der Waals surface area (Å²) in [7, 11) is 1.26. The number of esters is 1. The summed E-state index contributed by atoms with van der Waals surface area (Å²) in [5, 5.41) is 45.7. The minimum Gasteiger partial charge on any atom is -0.506 e. The normalized spacial score (nSPS) is 10.2. The van der Waals surface area contributed by atoms with E-state index in [0.29, 0.717) is 54.5 Å². The lowest BCUT2D eigenvalue weighted by atomic mass is 10.2. The first-order chi connectivity index (χ1) is 31.7. The van der Waals surface area contributed by atoms with Crippen molar-refractivity contribution in [3.8, 4) is 17.2 Å². The van der Waals surface area contributed by atoms with Crippen LogP contribution in [0.25, 0.3) is 16.9 Å². The molecule has 0 aliphatic carbocycles. The molecule has 2 amide bonds. The molecule has 0 atom stereocenters. The standard InChI is InChI=1S/C16H13ClN4O4.C13H9ClN4O2.C7H5N3O2.C6H6ClNO.CH4/c1-24-14(22)9-25-13-4-3-10(17)7-12(13)20-16(23)11-8-19-21-6-2-5-18-15(11)21;14-8-2-3-11(19)10(6-8)17-13(20)9-7-16-18-5-1-4-15-12(9)18;11-7(12)5-4-9-10-3-1-2-8-6(5)10;7-4-1-2-6(9)5(8)3-4;/h2-8H,9H2,1H3,(H,20,23);1-7,19H,(H,17,20);1-4H,(H,11,12);1-3,9H,8H2;1H4. The van der Waals surface area contributed by atoms with Gasteiger partial charge < -0.3 is 41.2 Å². The lowest BCUT2D eigenvalue weighted by molar-refractivity contribution is -0.142. The molecular formula is C43H37Cl3N12O9. The molecule has 0 aliphatic heterocycles. The van der Waals surface area contributed by atoms with E-state index in [1.54, 1.807) is 67.4 Å². The highest BCUT2D eigenvalue weighted by Crippen LogP contribution is 2.30. The summed E-state index contributed by atoms with van der Waals surface area (Å²) >= 11 is 17.3. The van der Waals surface area contributed by atoms with Gasteiger partial charge in [0.25, 0.3) is 11.8 Å². The fourth-order valence-electron chi connectivity index (χ4n) is 5.39. The largest absolute Gasteiger partial charge is 0.506 e. The number of nitrogens with two attached hydrogens (primary N) is 1. The number of aromatic nitrogens is 9. The Balaban J connectivity index is 0.000000178. The number of carbonyl (C=O) groups excluding carboxylic acids is 3. The van der Waals surface area contributed by atoms with Crippen LogP contribution in [0.4, 0.5) is 17.1 Å². The van der Waals surface area contributed by atoms with Crippen molar-refractivity contribution in [2.24, 2.45) is 0 Å². The number of amides is 2. The van der Waals surface area contributed by atoms with E-state index < -0.39 is 23.8 Å². The van der Waals surface area contributed by atoms with Crippen LogP contribution in [0.2, 0.25) is 15.1 Å². The van der Waals surface area contributed by atoms with Gasteiger partial charge in [0, 0.05) is 52.2 Å². The fraction of sp³-hybridized carbons (Fsp3) is 0.0698. The number of nitrogens with zero attached hydrogens (tertiary/aromatic N) is 9. The van der Waals surface area contributed by atoms with Crippen molar-refractivity contribution >= 4 is 92.6 Å². The summed E-state index contributed by atoms with van der Waals surface area (Å²) in [4.78, 5) is 58.7. The molecule has 6 aromatic heterocycles. The van der Waals surface area contributed by atoms with Crippen LogP contribution in [0, 0.1) is 0 Å². The predicted molar refractivity (Wildman–Crippen MR) is 248 cm³/mol. The second-order valence-electron chi connectivity index (χ2n) is 12.9. The Morgan fingerprint density at radius 3 is 1.55 bits per heavy atom. The van der Waals surface area contributed by atoms with Crippen molar-refractivity contribution < 1.29 is 44.0 Å². The number of aromatic carboxylic acids is 1. The van der Waals surface area contributed by atoms with Gasteiger partial charge in [0.05, 0.1) is 42.8 Å². The Bertz CT molecular complexity index is 3200. The molecule has 24 heteroatoms. The van der Waals surface area contributed by atoms with Crippen molar-refractivity contribution in [2.45, 2.75) is 7.43 Å². The molecule has 0 fully saturated rings. The molecule has 7 N–H and O–H groups in total. The maximum Gasteiger partial charge on any atom is 0.343 e. The van der Waals surface area contributed by atoms with Crippen molar-refractivity contribution in [3.63, 3.8) is 0 Å². The van der Waals surface area contributed by atoms with E-state index in [-0.39, 0.29) is 42.5 Å². The van der Waals surface area contributed by atoms with Gasteiger partial charge >= 0.3 is 11.9 Å². The summed E-state index contributed by atoms with van der Waals surface area (Å²) in [6.07, 6.45) is 13.8. The van der Waals surface area contributed by atoms with Gasteiger partial charge in [-0.2, -0.15) is 15.3 Å². The van der Waals surface area contributed by atoms with Crippen LogP contribution in [0.1, 0.15) is 38.5 Å². The number of phenolic OH excluding ortho intramolecular Hbond substituents is 2. The molecule has 9 rings (SSSR count). The lowest BCUT2D eigenvalue weighted by Crippen LogP contribution is -2.16. The van der Waals surface area contributed by atoms with Gasteiger partial charge in [-0.1, -0.05) is 42.2 Å². The smallest absolute Gasteiger partial charge is 0.343 e. The van der Waals surface area contributed by atoms with Crippen molar-refractivity contribution in [1.29, 1.82) is 0 Å². The fourth-order valence-corrected chi connectivity index (χ4v) is 5.91. The van der Waals surface area contributed by atoms with Gasteiger partial charge in [0.2, 0.25) is 0 Å². The Labute approximate surface area is 393 Å². The van der Waals surface area contributed by atoms with Gasteiger partial charge in [-0.15, -0.1) is 0 Å². The molecule has 9 aromatic rings. The molecule has 6 heterocycles. The Hall–Kier alpha value is -8.53. The third-order valence-electron chi connectivity index (χ3n) is 8.52. The number of hydrogen-bond donors (Lipinski definition) is 6. The van der Waals surface area contributed by atoms with E-state index in [9.17, 15) is 24.3 Å². The summed E-state index contributed by atoms with van der Waals surface area (Å²) in [5.74, 6) is -2.11. The molecule has 0 saturated carbocycles. The van der Waals surface area contributed by atoms with Gasteiger partial charge in [-0.3, -0.25) is 9.59 Å². The molecule has 0 unspecified atom stereocenters. The number of benzene rings is 3. The molecular weight excluding hydrogens is 935 g/mol. The summed E-state index contributed by atoms with van der Waals surface area (Å²) < 4.78 is 14.3. The van der Waals surface area contributed by atoms with Gasteiger partial charge in [0.1, 0.15) is 33.9 Å². The van der Waals surface area contributed by atoms with Crippen LogP contribution in [0.15, 0.2) is 129 Å². The number of methoxy groups -OCH3 is 1. The van der Waals surface area contributed by atoms with E-state index >= 15 is 0 Å². The highest BCUT2D eigenvalue weighted by Gasteiger charge is 2.18. The third-order valence-corrected chi connectivity index (χ3v) is 9.22. The van der Waals surface area contributed by atoms with E-state index in [2.05, 4.69) is 45.6 Å². The first-order valence-electron chi connectivity index (χ1n) is 18.6. The molecule has 0 spiro atoms. The van der Waals surface area contributed by atoms with Crippen LogP contribution in [0.3, 0.4) is 0 Å². The number of carboxylic acid groups (broad SMARTS) is 1. The van der Waals surface area contributed by atoms with Crippen molar-refractivity contribution in [2.75, 3.05) is 30.1 Å². The first-order valence-corrected chi connectivity index (χ1v) is 19.8. The maximum atomic E-state index is 12.6. The number of nitrogen functional groups attached to an aromatic ring is 1. The van der Waals surface area contributed by atoms with Crippen LogP contribution in [-0.4, -0.2) is 96.6 Å². The SMILES string of the molecule is C.COC(=O)COc1ccc(Cl)cc1NC(=O)c1cnn2cccnc12.Nc1cc(Cl)ccc1O.O=C(Nc1cc(Cl)ccc1O)c1cnn2cccnc12.O=C(O)c1cnn2cccnc12. The van der Waals surface area contributed by atoms with Gasteiger partial charge in [-0.05, 0) is 72.8 Å². The molecule has 0 bridgehead atoms. The Morgan fingerprint density at radius 2 is 1.07 bits per heavy atom. The number of fused-ring (bicyclic) bond motifs is 3. The molecule has 3 aromatic carbocycles. The quantitative estimate of drug-likeness (QED) is 0.0498. The van der Waals surface area contributed by atoms with Crippen LogP contribution < -0.4 is 21.1 Å². The Kier molecular flexibility index (Phi) is 16.9. The monoisotopic (exact) mass is 970 g/mol. The second kappa shape index (κ2) is 22.9. The number of carbonyl (C=O) groups is 4. The number of ether oxygens (including phenoxy) is 2. The van der Waals surface area contributed by atoms with E-state index in [1.807, 2.05) is 0 Å². The second-order valence-corrected chi connectivity index (χ2v) is 14.2. The molecule has 67 heavy (non-hydrogen) atoms. The predicted octanol–water partition coefficient (Wildman–Crippen LogP) is 7.22. The van der Waals surface area contributed by atoms with Crippen LogP contribution in [-0.2, 0) is 9.53 Å². The first kappa shape index (κ1) is 49.5. The number of halogens is 3.